The molecule has 2 aromatic rings. The first-order valence-corrected chi connectivity index (χ1v) is 12.1. The molecule has 2 aromatic carbocycles. The first kappa shape index (κ1) is 23.7. The lowest BCUT2D eigenvalue weighted by molar-refractivity contribution is -0.149. The zero-order valence-corrected chi connectivity index (χ0v) is 19.1. The van der Waals surface area contributed by atoms with Crippen molar-refractivity contribution < 1.29 is 27.5 Å². The van der Waals surface area contributed by atoms with Crippen molar-refractivity contribution in [1.82, 2.24) is 4.31 Å². The lowest BCUT2D eigenvalue weighted by Crippen LogP contribution is -2.40. The van der Waals surface area contributed by atoms with Gasteiger partial charge in [0.15, 0.2) is 0 Å². The van der Waals surface area contributed by atoms with Crippen LogP contribution < -0.4 is 10.1 Å². The van der Waals surface area contributed by atoms with Crippen molar-refractivity contribution in [3.63, 3.8) is 0 Å². The molecule has 0 aromatic heterocycles. The van der Waals surface area contributed by atoms with Crippen molar-refractivity contribution in [2.24, 2.45) is 5.92 Å². The van der Waals surface area contributed by atoms with E-state index in [4.69, 9.17) is 9.47 Å². The van der Waals surface area contributed by atoms with Gasteiger partial charge >= 0.3 is 5.97 Å². The Morgan fingerprint density at radius 3 is 2.34 bits per heavy atom. The van der Waals surface area contributed by atoms with E-state index in [0.29, 0.717) is 37.4 Å². The number of esters is 1. The number of benzene rings is 2. The van der Waals surface area contributed by atoms with Crippen LogP contribution in [-0.2, 0) is 19.6 Å². The average Bonchev–Trinajstić information content (AvgIpc) is 2.81. The van der Waals surface area contributed by atoms with Gasteiger partial charge in [-0.25, -0.2) is 8.42 Å². The lowest BCUT2D eigenvalue weighted by Gasteiger charge is -2.30. The van der Waals surface area contributed by atoms with Crippen LogP contribution in [-0.4, -0.2) is 50.9 Å². The lowest BCUT2D eigenvalue weighted by atomic mass is 9.98. The number of hydrogen-bond donors (Lipinski definition) is 1. The number of nitrogens with zero attached hydrogens (tertiary/aromatic N) is 1. The van der Waals surface area contributed by atoms with Crippen LogP contribution in [0.1, 0.15) is 37.0 Å². The predicted octanol–water partition coefficient (Wildman–Crippen LogP) is 3.30. The molecule has 1 amide bonds. The second-order valence-electron chi connectivity index (χ2n) is 7.34. The summed E-state index contributed by atoms with van der Waals surface area (Å²) in [6, 6.07) is 13.1. The van der Waals surface area contributed by atoms with E-state index in [0.717, 1.165) is 0 Å². The number of nitrogens with one attached hydrogen (secondary N) is 1. The number of carbonyl (C=O) groups is 2. The van der Waals surface area contributed by atoms with Crippen LogP contribution in [0.3, 0.4) is 0 Å². The molecule has 1 fully saturated rings. The van der Waals surface area contributed by atoms with Crippen molar-refractivity contribution in [3.8, 4) is 5.75 Å². The highest BCUT2D eigenvalue weighted by atomic mass is 32.2. The van der Waals surface area contributed by atoms with Gasteiger partial charge in [-0.3, -0.25) is 9.59 Å². The predicted molar refractivity (Wildman–Crippen MR) is 120 cm³/mol. The zero-order chi connectivity index (χ0) is 23.1. The summed E-state index contributed by atoms with van der Waals surface area (Å²) in [5.74, 6) is -0.549. The zero-order valence-electron chi connectivity index (χ0n) is 18.2. The molecule has 1 saturated heterocycles. The van der Waals surface area contributed by atoms with E-state index in [1.54, 1.807) is 50.2 Å². The van der Waals surface area contributed by atoms with Gasteiger partial charge in [0.1, 0.15) is 5.75 Å². The summed E-state index contributed by atoms with van der Waals surface area (Å²) in [4.78, 5) is 24.6. The van der Waals surface area contributed by atoms with E-state index in [1.807, 2.05) is 0 Å². The Morgan fingerprint density at radius 2 is 1.72 bits per heavy atom. The molecule has 0 unspecified atom stereocenters. The maximum absolute atomic E-state index is 13.2. The third kappa shape index (κ3) is 5.46. The van der Waals surface area contributed by atoms with Gasteiger partial charge < -0.3 is 14.8 Å². The van der Waals surface area contributed by atoms with Crippen molar-refractivity contribution in [2.45, 2.75) is 31.6 Å². The molecule has 1 aliphatic heterocycles. The van der Waals surface area contributed by atoms with E-state index in [-0.39, 0.29) is 41.5 Å². The first-order chi connectivity index (χ1) is 15.4. The molecule has 0 atom stereocenters. The Labute approximate surface area is 188 Å². The summed E-state index contributed by atoms with van der Waals surface area (Å²) in [6.45, 7) is 4.68. The smallest absolute Gasteiger partial charge is 0.309 e. The minimum atomic E-state index is -3.80. The van der Waals surface area contributed by atoms with Gasteiger partial charge in [0.05, 0.1) is 29.7 Å². The fraction of sp³-hybridized carbons (Fsp3) is 0.391. The molecule has 1 aliphatic rings. The van der Waals surface area contributed by atoms with Gasteiger partial charge in [-0.1, -0.05) is 18.2 Å². The highest BCUT2D eigenvalue weighted by Crippen LogP contribution is 2.31. The number of sulfonamides is 1. The highest BCUT2D eigenvalue weighted by Gasteiger charge is 2.33. The fourth-order valence-electron chi connectivity index (χ4n) is 3.57. The molecular weight excluding hydrogens is 432 g/mol. The minimum Gasteiger partial charge on any atom is -0.492 e. The molecule has 1 heterocycles. The van der Waals surface area contributed by atoms with Gasteiger partial charge in [0.2, 0.25) is 10.0 Å². The normalized spacial score (nSPS) is 15.2. The number of anilines is 1. The maximum Gasteiger partial charge on any atom is 0.309 e. The van der Waals surface area contributed by atoms with E-state index in [2.05, 4.69) is 5.32 Å². The molecule has 8 nitrogen and oxygen atoms in total. The Balaban J connectivity index is 1.80. The summed E-state index contributed by atoms with van der Waals surface area (Å²) < 4.78 is 38.4. The third-order valence-electron chi connectivity index (χ3n) is 5.25. The molecule has 32 heavy (non-hydrogen) atoms. The van der Waals surface area contributed by atoms with Gasteiger partial charge in [-0.15, -0.1) is 0 Å². The number of carbonyl (C=O) groups excluding carboxylic acids is 2. The van der Waals surface area contributed by atoms with Crippen LogP contribution in [0.15, 0.2) is 53.4 Å². The fourth-order valence-corrected chi connectivity index (χ4v) is 5.07. The van der Waals surface area contributed by atoms with E-state index >= 15 is 0 Å². The number of ether oxygens (including phenoxy) is 2. The summed E-state index contributed by atoms with van der Waals surface area (Å²) in [7, 11) is -3.80. The number of amides is 1. The van der Waals surface area contributed by atoms with Gasteiger partial charge in [0.25, 0.3) is 5.91 Å². The molecule has 0 aliphatic carbocycles. The first-order valence-electron chi connectivity index (χ1n) is 10.7. The van der Waals surface area contributed by atoms with Crippen LogP contribution in [0.4, 0.5) is 5.69 Å². The molecule has 0 bridgehead atoms. The Hall–Kier alpha value is -2.91. The largest absolute Gasteiger partial charge is 0.492 e. The average molecular weight is 461 g/mol. The van der Waals surface area contributed by atoms with E-state index in [9.17, 15) is 18.0 Å². The molecule has 9 heteroatoms. The molecule has 0 spiro atoms. The van der Waals surface area contributed by atoms with Gasteiger partial charge in [-0.2, -0.15) is 4.31 Å². The Bertz CT molecular complexity index is 1050. The standard InChI is InChI=1S/C23H28N2O6S/c1-3-30-21-11-10-19(16-20(21)24-22(26)17-8-6-5-7-9-17)32(28,29)25-14-12-18(13-15-25)23(27)31-4-2/h5-11,16,18H,3-4,12-15H2,1-2H3,(H,24,26). The topological polar surface area (TPSA) is 102 Å². The van der Waals surface area contributed by atoms with Crippen LogP contribution in [0.25, 0.3) is 0 Å². The third-order valence-corrected chi connectivity index (χ3v) is 7.14. The summed E-state index contributed by atoms with van der Waals surface area (Å²) in [6.07, 6.45) is 0.819. The molecule has 172 valence electrons. The maximum atomic E-state index is 13.2. The second kappa shape index (κ2) is 10.6. The number of rotatable bonds is 8. The summed E-state index contributed by atoms with van der Waals surface area (Å²) in [5, 5.41) is 2.75. The van der Waals surface area contributed by atoms with Crippen molar-refractivity contribution in [2.75, 3.05) is 31.6 Å². The molecule has 3 rings (SSSR count). The molecule has 1 N–H and O–H groups in total. The number of piperidine rings is 1. The molecule has 0 saturated carbocycles. The quantitative estimate of drug-likeness (QED) is 0.607. The van der Waals surface area contributed by atoms with E-state index < -0.39 is 10.0 Å². The van der Waals surface area contributed by atoms with Crippen molar-refractivity contribution >= 4 is 27.6 Å². The van der Waals surface area contributed by atoms with Crippen LogP contribution in [0.5, 0.6) is 5.75 Å². The SMILES string of the molecule is CCOC(=O)C1CCN(S(=O)(=O)c2ccc(OCC)c(NC(=O)c3ccccc3)c2)CC1. The second-order valence-corrected chi connectivity index (χ2v) is 9.28. The Morgan fingerprint density at radius 1 is 1.03 bits per heavy atom. The minimum absolute atomic E-state index is 0.0545. The Kier molecular flexibility index (Phi) is 7.87. The summed E-state index contributed by atoms with van der Waals surface area (Å²) in [5.41, 5.74) is 0.729. The van der Waals surface area contributed by atoms with Crippen LogP contribution >= 0.6 is 0 Å². The monoisotopic (exact) mass is 460 g/mol. The van der Waals surface area contributed by atoms with Crippen LogP contribution in [0.2, 0.25) is 0 Å². The van der Waals surface area contributed by atoms with Gasteiger partial charge in [-0.05, 0) is 57.0 Å². The van der Waals surface area contributed by atoms with Crippen LogP contribution in [0, 0.1) is 5.92 Å². The summed E-state index contributed by atoms with van der Waals surface area (Å²) >= 11 is 0. The molecular formula is C23H28N2O6S. The molecule has 0 radical (unpaired) electrons. The number of hydrogen-bond acceptors (Lipinski definition) is 6. The van der Waals surface area contributed by atoms with Crippen molar-refractivity contribution in [1.29, 1.82) is 0 Å². The van der Waals surface area contributed by atoms with Gasteiger partial charge in [0, 0.05) is 18.7 Å². The van der Waals surface area contributed by atoms with Crippen molar-refractivity contribution in [3.05, 3.63) is 54.1 Å². The van der Waals surface area contributed by atoms with E-state index in [1.165, 1.54) is 16.4 Å². The highest BCUT2D eigenvalue weighted by molar-refractivity contribution is 7.89.